The van der Waals surface area contributed by atoms with E-state index in [1.54, 1.807) is 4.90 Å². The summed E-state index contributed by atoms with van der Waals surface area (Å²) in [6.45, 7) is -2.84. The van der Waals surface area contributed by atoms with Crippen LogP contribution in [-0.4, -0.2) is 35.2 Å². The molecule has 4 nitrogen and oxygen atoms in total. The van der Waals surface area contributed by atoms with Crippen LogP contribution in [0.15, 0.2) is 18.2 Å². The lowest BCUT2D eigenvalue weighted by atomic mass is 10.2. The van der Waals surface area contributed by atoms with Crippen LogP contribution in [0.25, 0.3) is 0 Å². The summed E-state index contributed by atoms with van der Waals surface area (Å²) in [5.41, 5.74) is 0.464. The molecule has 1 aliphatic carbocycles. The number of alkyl halides is 2. The van der Waals surface area contributed by atoms with E-state index in [2.05, 4.69) is 4.74 Å². The molecule has 1 aromatic rings. The van der Waals surface area contributed by atoms with Crippen LogP contribution in [0.2, 0.25) is 5.02 Å². The van der Waals surface area contributed by atoms with Crippen molar-refractivity contribution in [2.45, 2.75) is 32.0 Å². The molecule has 0 saturated heterocycles. The highest BCUT2D eigenvalue weighted by atomic mass is 35.5. The molecule has 0 atom stereocenters. The van der Waals surface area contributed by atoms with E-state index in [9.17, 15) is 13.6 Å². The summed E-state index contributed by atoms with van der Waals surface area (Å²) in [6, 6.07) is 4.54. The maximum atomic E-state index is 12.4. The van der Waals surface area contributed by atoms with Gasteiger partial charge in [-0.2, -0.15) is 8.78 Å². The van der Waals surface area contributed by atoms with Crippen LogP contribution in [0.4, 0.5) is 8.78 Å². The first-order valence-electron chi connectivity index (χ1n) is 6.15. The normalized spacial score (nSPS) is 14.8. The summed E-state index contributed by atoms with van der Waals surface area (Å²) in [7, 11) is 0. The fraction of sp³-hybridized carbons (Fsp3) is 0.462. The average Bonchev–Trinajstić information content (AvgIpc) is 3.14. The van der Waals surface area contributed by atoms with Gasteiger partial charge in [0.25, 0.3) is 0 Å². The molecule has 0 radical (unpaired) electrons. The van der Waals surface area contributed by atoms with E-state index in [1.807, 2.05) is 0 Å². The first-order valence-corrected chi connectivity index (χ1v) is 6.52. The molecule has 0 aliphatic heterocycles. The second kappa shape index (κ2) is 6.37. The van der Waals surface area contributed by atoms with E-state index in [1.165, 1.54) is 18.2 Å². The third-order valence-corrected chi connectivity index (χ3v) is 3.25. The third kappa shape index (κ3) is 4.31. The lowest BCUT2D eigenvalue weighted by Crippen LogP contribution is -2.31. The predicted octanol–water partition coefficient (Wildman–Crippen LogP) is 2.99. The number of nitrogens with zero attached hydrogens (tertiary/aromatic N) is 1. The standard InChI is InChI=1S/C13H14ClF2NO3/c14-9-1-4-11(20-13(15)16)8(5-9)6-17(7-12(18)19)10-2-3-10/h1,4-5,10,13H,2-3,6-7H2,(H,18,19). The van der Waals surface area contributed by atoms with Gasteiger partial charge in [0.15, 0.2) is 0 Å². The highest BCUT2D eigenvalue weighted by Gasteiger charge is 2.31. The molecular formula is C13H14ClF2NO3. The van der Waals surface area contributed by atoms with Crippen molar-refractivity contribution in [1.29, 1.82) is 0 Å². The van der Waals surface area contributed by atoms with Crippen LogP contribution in [0.5, 0.6) is 5.75 Å². The van der Waals surface area contributed by atoms with Crippen LogP contribution < -0.4 is 4.74 Å². The Morgan fingerprint density at radius 1 is 1.50 bits per heavy atom. The van der Waals surface area contributed by atoms with Gasteiger partial charge in [-0.25, -0.2) is 0 Å². The third-order valence-electron chi connectivity index (χ3n) is 3.01. The number of aliphatic carboxylic acids is 1. The molecule has 1 saturated carbocycles. The minimum Gasteiger partial charge on any atom is -0.480 e. The number of hydrogen-bond donors (Lipinski definition) is 1. The molecule has 1 fully saturated rings. The molecule has 1 N–H and O–H groups in total. The number of rotatable bonds is 7. The van der Waals surface area contributed by atoms with Gasteiger partial charge in [0.1, 0.15) is 5.75 Å². The second-order valence-corrected chi connectivity index (χ2v) is 5.10. The quantitative estimate of drug-likeness (QED) is 0.841. The molecule has 0 unspecified atom stereocenters. The molecule has 110 valence electrons. The lowest BCUT2D eigenvalue weighted by Gasteiger charge is -2.21. The average molecular weight is 306 g/mol. The first kappa shape index (κ1) is 15.0. The summed E-state index contributed by atoms with van der Waals surface area (Å²) in [5.74, 6) is -0.921. The van der Waals surface area contributed by atoms with E-state index < -0.39 is 12.6 Å². The fourth-order valence-electron chi connectivity index (χ4n) is 2.03. The van der Waals surface area contributed by atoms with E-state index in [0.717, 1.165) is 12.8 Å². The maximum absolute atomic E-state index is 12.4. The second-order valence-electron chi connectivity index (χ2n) is 4.66. The van der Waals surface area contributed by atoms with Crippen molar-refractivity contribution in [3.05, 3.63) is 28.8 Å². The maximum Gasteiger partial charge on any atom is 0.387 e. The highest BCUT2D eigenvalue weighted by Crippen LogP contribution is 2.31. The Balaban J connectivity index is 2.16. The van der Waals surface area contributed by atoms with Crippen molar-refractivity contribution in [2.24, 2.45) is 0 Å². The number of ether oxygens (including phenoxy) is 1. The number of carboxylic acid groups (broad SMARTS) is 1. The van der Waals surface area contributed by atoms with Gasteiger partial charge < -0.3 is 9.84 Å². The van der Waals surface area contributed by atoms with Crippen molar-refractivity contribution in [1.82, 2.24) is 4.90 Å². The Labute approximate surface area is 119 Å². The summed E-state index contributed by atoms with van der Waals surface area (Å²) in [6.07, 6.45) is 1.83. The van der Waals surface area contributed by atoms with E-state index in [4.69, 9.17) is 16.7 Å². The molecular weight excluding hydrogens is 292 g/mol. The summed E-state index contributed by atoms with van der Waals surface area (Å²) >= 11 is 5.86. The highest BCUT2D eigenvalue weighted by molar-refractivity contribution is 6.30. The molecule has 1 aliphatic rings. The van der Waals surface area contributed by atoms with Gasteiger partial charge in [0.2, 0.25) is 0 Å². The van der Waals surface area contributed by atoms with Crippen molar-refractivity contribution in [3.8, 4) is 5.75 Å². The van der Waals surface area contributed by atoms with Crippen LogP contribution >= 0.6 is 11.6 Å². The topological polar surface area (TPSA) is 49.8 Å². The van der Waals surface area contributed by atoms with Gasteiger partial charge in [-0.1, -0.05) is 11.6 Å². The number of carboxylic acids is 1. The smallest absolute Gasteiger partial charge is 0.387 e. The Kier molecular flexibility index (Phi) is 4.77. The van der Waals surface area contributed by atoms with Gasteiger partial charge in [-0.05, 0) is 31.0 Å². The SMILES string of the molecule is O=C(O)CN(Cc1cc(Cl)ccc1OC(F)F)C1CC1. The fourth-order valence-corrected chi connectivity index (χ4v) is 2.22. The van der Waals surface area contributed by atoms with E-state index in [0.29, 0.717) is 10.6 Å². The number of halogens is 3. The van der Waals surface area contributed by atoms with Gasteiger partial charge in [0.05, 0.1) is 6.54 Å². The molecule has 0 bridgehead atoms. The minimum absolute atomic E-state index is 0.0282. The summed E-state index contributed by atoms with van der Waals surface area (Å²) in [5, 5.41) is 9.28. The molecule has 2 rings (SSSR count). The predicted molar refractivity (Wildman–Crippen MR) is 69.2 cm³/mol. The zero-order valence-electron chi connectivity index (χ0n) is 10.6. The van der Waals surface area contributed by atoms with Crippen molar-refractivity contribution >= 4 is 17.6 Å². The van der Waals surface area contributed by atoms with Gasteiger partial charge in [0, 0.05) is 23.2 Å². The molecule has 20 heavy (non-hydrogen) atoms. The van der Waals surface area contributed by atoms with Crippen molar-refractivity contribution < 1.29 is 23.4 Å². The van der Waals surface area contributed by atoms with Gasteiger partial charge in [-0.3, -0.25) is 9.69 Å². The Morgan fingerprint density at radius 3 is 2.75 bits per heavy atom. The van der Waals surface area contributed by atoms with Gasteiger partial charge >= 0.3 is 12.6 Å². The molecule has 7 heteroatoms. The number of benzene rings is 1. The molecule has 1 aromatic carbocycles. The molecule has 0 amide bonds. The van der Waals surface area contributed by atoms with Crippen molar-refractivity contribution in [3.63, 3.8) is 0 Å². The van der Waals surface area contributed by atoms with Crippen LogP contribution in [-0.2, 0) is 11.3 Å². The monoisotopic (exact) mass is 305 g/mol. The molecule has 0 heterocycles. The number of carbonyl (C=O) groups is 1. The molecule has 0 spiro atoms. The van der Waals surface area contributed by atoms with E-state index in [-0.39, 0.29) is 24.9 Å². The zero-order valence-corrected chi connectivity index (χ0v) is 11.3. The van der Waals surface area contributed by atoms with Crippen LogP contribution in [0, 0.1) is 0 Å². The lowest BCUT2D eigenvalue weighted by molar-refractivity contribution is -0.138. The van der Waals surface area contributed by atoms with Gasteiger partial charge in [-0.15, -0.1) is 0 Å². The Hall–Kier alpha value is -1.40. The van der Waals surface area contributed by atoms with Crippen LogP contribution in [0.1, 0.15) is 18.4 Å². The molecule has 0 aromatic heterocycles. The zero-order chi connectivity index (χ0) is 14.7. The van der Waals surface area contributed by atoms with Crippen molar-refractivity contribution in [2.75, 3.05) is 6.54 Å². The largest absolute Gasteiger partial charge is 0.480 e. The summed E-state index contributed by atoms with van der Waals surface area (Å²) < 4.78 is 29.2. The minimum atomic E-state index is -2.93. The van der Waals surface area contributed by atoms with E-state index >= 15 is 0 Å². The first-order chi connectivity index (χ1) is 9.45. The van der Waals surface area contributed by atoms with Crippen LogP contribution in [0.3, 0.4) is 0 Å². The Morgan fingerprint density at radius 2 is 2.20 bits per heavy atom. The summed E-state index contributed by atoms with van der Waals surface area (Å²) in [4.78, 5) is 12.6. The number of hydrogen-bond acceptors (Lipinski definition) is 3. The Bertz CT molecular complexity index is 495.